The van der Waals surface area contributed by atoms with E-state index in [-0.39, 0.29) is 5.91 Å². The maximum absolute atomic E-state index is 12.8. The first-order chi connectivity index (χ1) is 12.8. The van der Waals surface area contributed by atoms with Crippen molar-refractivity contribution in [3.05, 3.63) is 54.5 Å². The molecule has 7 nitrogen and oxygen atoms in total. The number of hydrogen-bond acceptors (Lipinski definition) is 4. The monoisotopic (exact) mass is 346 g/mol. The number of rotatable bonds is 3. The van der Waals surface area contributed by atoms with Gasteiger partial charge in [-0.3, -0.25) is 9.89 Å². The van der Waals surface area contributed by atoms with E-state index < -0.39 is 0 Å². The van der Waals surface area contributed by atoms with Gasteiger partial charge < -0.3 is 10.2 Å². The van der Waals surface area contributed by atoms with E-state index in [4.69, 9.17) is 0 Å². The summed E-state index contributed by atoms with van der Waals surface area (Å²) >= 11 is 0. The van der Waals surface area contributed by atoms with Crippen molar-refractivity contribution in [1.82, 2.24) is 19.8 Å². The molecule has 1 aliphatic rings. The van der Waals surface area contributed by atoms with Crippen molar-refractivity contribution >= 4 is 33.7 Å². The summed E-state index contributed by atoms with van der Waals surface area (Å²) in [6.45, 7) is 2.13. The SMILES string of the molecule is O=C(Nc1ccc2cn[nH]c2c1)c1cnn2ccc(N3CCCC3)cc12. The third kappa shape index (κ3) is 2.48. The van der Waals surface area contributed by atoms with Crippen molar-refractivity contribution < 1.29 is 4.79 Å². The second-order valence-corrected chi connectivity index (χ2v) is 6.59. The minimum absolute atomic E-state index is 0.169. The van der Waals surface area contributed by atoms with Crippen LogP contribution in [0.15, 0.2) is 48.9 Å². The molecule has 0 unspecified atom stereocenters. The summed E-state index contributed by atoms with van der Waals surface area (Å²) in [6, 6.07) is 9.78. The van der Waals surface area contributed by atoms with Crippen LogP contribution in [-0.2, 0) is 0 Å². The summed E-state index contributed by atoms with van der Waals surface area (Å²) in [5, 5.41) is 15.2. The molecule has 1 amide bonds. The van der Waals surface area contributed by atoms with Gasteiger partial charge in [0.2, 0.25) is 0 Å². The van der Waals surface area contributed by atoms with Crippen molar-refractivity contribution in [2.24, 2.45) is 0 Å². The number of pyridine rings is 1. The zero-order chi connectivity index (χ0) is 17.5. The fourth-order valence-electron chi connectivity index (χ4n) is 3.53. The third-order valence-electron chi connectivity index (χ3n) is 4.92. The van der Waals surface area contributed by atoms with Gasteiger partial charge in [-0.05, 0) is 43.2 Å². The van der Waals surface area contributed by atoms with Gasteiger partial charge in [-0.25, -0.2) is 4.52 Å². The zero-order valence-electron chi connectivity index (χ0n) is 14.1. The van der Waals surface area contributed by atoms with Gasteiger partial charge in [0.1, 0.15) is 0 Å². The van der Waals surface area contributed by atoms with Crippen LogP contribution in [0.1, 0.15) is 23.2 Å². The van der Waals surface area contributed by atoms with Crippen LogP contribution in [0.2, 0.25) is 0 Å². The maximum atomic E-state index is 12.8. The molecule has 0 radical (unpaired) electrons. The first-order valence-corrected chi connectivity index (χ1v) is 8.75. The van der Waals surface area contributed by atoms with Gasteiger partial charge >= 0.3 is 0 Å². The molecule has 0 saturated carbocycles. The molecule has 0 bridgehead atoms. The Bertz CT molecular complexity index is 1110. The molecule has 2 N–H and O–H groups in total. The Labute approximate surface area is 149 Å². The van der Waals surface area contributed by atoms with Crippen LogP contribution in [0, 0.1) is 0 Å². The number of nitrogens with one attached hydrogen (secondary N) is 2. The molecular formula is C19H18N6O. The number of H-pyrrole nitrogens is 1. The zero-order valence-corrected chi connectivity index (χ0v) is 14.1. The number of fused-ring (bicyclic) bond motifs is 2. The van der Waals surface area contributed by atoms with Gasteiger partial charge in [0, 0.05) is 36.0 Å². The molecule has 7 heteroatoms. The van der Waals surface area contributed by atoms with E-state index in [0.29, 0.717) is 5.56 Å². The smallest absolute Gasteiger partial charge is 0.259 e. The molecule has 1 saturated heterocycles. The summed E-state index contributed by atoms with van der Waals surface area (Å²) in [5.41, 5.74) is 4.13. The second kappa shape index (κ2) is 5.87. The minimum Gasteiger partial charge on any atom is -0.371 e. The summed E-state index contributed by atoms with van der Waals surface area (Å²) in [7, 11) is 0. The molecule has 0 atom stereocenters. The summed E-state index contributed by atoms with van der Waals surface area (Å²) < 4.78 is 1.74. The summed E-state index contributed by atoms with van der Waals surface area (Å²) in [6.07, 6.45) is 7.72. The van der Waals surface area contributed by atoms with E-state index in [9.17, 15) is 4.79 Å². The van der Waals surface area contributed by atoms with E-state index in [0.717, 1.165) is 40.9 Å². The predicted octanol–water partition coefficient (Wildman–Crippen LogP) is 3.06. The lowest BCUT2D eigenvalue weighted by molar-refractivity contribution is 0.102. The van der Waals surface area contributed by atoms with E-state index in [1.165, 1.54) is 12.8 Å². The molecule has 1 aliphatic heterocycles. The van der Waals surface area contributed by atoms with Crippen LogP contribution in [0.5, 0.6) is 0 Å². The lowest BCUT2D eigenvalue weighted by Crippen LogP contribution is -2.18. The molecule has 0 aliphatic carbocycles. The van der Waals surface area contributed by atoms with Crippen LogP contribution < -0.4 is 10.2 Å². The molecule has 26 heavy (non-hydrogen) atoms. The molecule has 130 valence electrons. The highest BCUT2D eigenvalue weighted by Gasteiger charge is 2.17. The van der Waals surface area contributed by atoms with Gasteiger partial charge in [-0.1, -0.05) is 0 Å². The molecule has 4 heterocycles. The number of hydrogen-bond donors (Lipinski definition) is 2. The Morgan fingerprint density at radius 3 is 2.88 bits per heavy atom. The van der Waals surface area contributed by atoms with Crippen molar-refractivity contribution in [3.8, 4) is 0 Å². The standard InChI is InChI=1S/C19H18N6O/c26-19(22-14-4-3-13-11-20-23-17(13)9-14)16-12-21-25-8-5-15(10-18(16)25)24-6-1-2-7-24/h3-5,8-12H,1-2,6-7H2,(H,20,23)(H,22,26). The predicted molar refractivity (Wildman–Crippen MR) is 101 cm³/mol. The quantitative estimate of drug-likeness (QED) is 0.598. The lowest BCUT2D eigenvalue weighted by atomic mass is 10.2. The van der Waals surface area contributed by atoms with E-state index in [2.05, 4.69) is 31.6 Å². The number of anilines is 2. The second-order valence-electron chi connectivity index (χ2n) is 6.59. The fraction of sp³-hybridized carbons (Fsp3) is 0.211. The van der Waals surface area contributed by atoms with Crippen LogP contribution >= 0.6 is 0 Å². The topological polar surface area (TPSA) is 78.3 Å². The molecule has 1 aromatic carbocycles. The Hall–Kier alpha value is -3.35. The van der Waals surface area contributed by atoms with Crippen molar-refractivity contribution in [3.63, 3.8) is 0 Å². The van der Waals surface area contributed by atoms with E-state index >= 15 is 0 Å². The van der Waals surface area contributed by atoms with Crippen molar-refractivity contribution in [2.75, 3.05) is 23.3 Å². The first-order valence-electron chi connectivity index (χ1n) is 8.75. The van der Waals surface area contributed by atoms with Crippen LogP contribution in [0.25, 0.3) is 16.4 Å². The van der Waals surface area contributed by atoms with Crippen LogP contribution in [0.4, 0.5) is 11.4 Å². The van der Waals surface area contributed by atoms with Crippen molar-refractivity contribution in [1.29, 1.82) is 0 Å². The number of aromatic nitrogens is 4. The Balaban J connectivity index is 1.46. The lowest BCUT2D eigenvalue weighted by Gasteiger charge is -2.17. The average Bonchev–Trinajstić information content (AvgIpc) is 3.40. The molecule has 0 spiro atoms. The van der Waals surface area contributed by atoms with E-state index in [1.807, 2.05) is 30.5 Å². The summed E-state index contributed by atoms with van der Waals surface area (Å²) in [4.78, 5) is 15.1. The molecule has 1 fully saturated rings. The first kappa shape index (κ1) is 14.9. The number of benzene rings is 1. The molecule has 5 rings (SSSR count). The summed E-state index contributed by atoms with van der Waals surface area (Å²) in [5.74, 6) is -0.169. The average molecular weight is 346 g/mol. The van der Waals surface area contributed by atoms with Gasteiger partial charge in [0.25, 0.3) is 5.91 Å². The highest BCUT2D eigenvalue weighted by molar-refractivity contribution is 6.09. The largest absolute Gasteiger partial charge is 0.371 e. The minimum atomic E-state index is -0.169. The molecule has 4 aromatic rings. The number of nitrogens with zero attached hydrogens (tertiary/aromatic N) is 4. The van der Waals surface area contributed by atoms with Crippen LogP contribution in [-0.4, -0.2) is 38.8 Å². The fourth-order valence-corrected chi connectivity index (χ4v) is 3.53. The molecular weight excluding hydrogens is 328 g/mol. The van der Waals surface area contributed by atoms with E-state index in [1.54, 1.807) is 16.9 Å². The number of carbonyl (C=O) groups excluding carboxylic acids is 1. The molecule has 3 aromatic heterocycles. The van der Waals surface area contributed by atoms with Gasteiger partial charge in [-0.15, -0.1) is 0 Å². The van der Waals surface area contributed by atoms with Crippen LogP contribution in [0.3, 0.4) is 0 Å². The highest BCUT2D eigenvalue weighted by Crippen LogP contribution is 2.24. The Kier molecular flexibility index (Phi) is 3.38. The number of carbonyl (C=O) groups is 1. The number of aromatic amines is 1. The maximum Gasteiger partial charge on any atom is 0.259 e. The van der Waals surface area contributed by atoms with Crippen molar-refractivity contribution in [2.45, 2.75) is 12.8 Å². The Morgan fingerprint density at radius 2 is 2.00 bits per heavy atom. The highest BCUT2D eigenvalue weighted by atomic mass is 16.1. The van der Waals surface area contributed by atoms with Gasteiger partial charge in [-0.2, -0.15) is 10.2 Å². The Morgan fingerprint density at radius 1 is 1.12 bits per heavy atom. The van der Waals surface area contributed by atoms with Gasteiger partial charge in [0.15, 0.2) is 0 Å². The third-order valence-corrected chi connectivity index (χ3v) is 4.92. The normalized spacial score (nSPS) is 14.4. The van der Waals surface area contributed by atoms with Gasteiger partial charge in [0.05, 0.1) is 29.0 Å². The number of amides is 1.